The second-order valence-electron chi connectivity index (χ2n) is 10.5. The first-order valence-corrected chi connectivity index (χ1v) is 14.1. The lowest BCUT2D eigenvalue weighted by Crippen LogP contribution is -2.54. The van der Waals surface area contributed by atoms with E-state index in [0.717, 1.165) is 80.4 Å². The second kappa shape index (κ2) is 14.2. The third-order valence-electron chi connectivity index (χ3n) is 7.08. The van der Waals surface area contributed by atoms with E-state index < -0.39 is 34.3 Å². The summed E-state index contributed by atoms with van der Waals surface area (Å²) in [6.07, 6.45) is 2.14. The van der Waals surface area contributed by atoms with Crippen molar-refractivity contribution in [3.63, 3.8) is 0 Å². The molecule has 2 heterocycles. The van der Waals surface area contributed by atoms with Crippen LogP contribution in [-0.2, 0) is 15.7 Å². The Labute approximate surface area is 249 Å². The Kier molecular flexibility index (Phi) is 11.2. The minimum Gasteiger partial charge on any atom is -0.382 e. The highest BCUT2D eigenvalue weighted by Gasteiger charge is 2.40. The number of benzene rings is 1. The van der Waals surface area contributed by atoms with Crippen molar-refractivity contribution in [2.45, 2.75) is 51.7 Å². The zero-order valence-electron chi connectivity index (χ0n) is 24.2. The normalized spacial score (nSPS) is 14.2. The summed E-state index contributed by atoms with van der Waals surface area (Å²) in [7, 11) is 1.30. The maximum Gasteiger partial charge on any atom is 0.420 e. The second-order valence-corrected chi connectivity index (χ2v) is 10.8. The standard InChI is InChI=1S/C30H35F4N5O2S/c1-5-41-17-7-6-14-38-15-12-21(13-16-38)24-10-9-23(19-36-24)39(29(2,3)20-40)28(42)37(4)25-11-8-22(18-35)26(27(25)31)30(32,33)34/h8-12,19-20H,5-7,13-17H2,1-4H3. The van der Waals surface area contributed by atoms with Crippen molar-refractivity contribution in [1.29, 1.82) is 5.26 Å². The van der Waals surface area contributed by atoms with Gasteiger partial charge in [0.25, 0.3) is 0 Å². The first kappa shape index (κ1) is 33.1. The van der Waals surface area contributed by atoms with E-state index in [2.05, 4.69) is 16.0 Å². The van der Waals surface area contributed by atoms with Gasteiger partial charge in [0.1, 0.15) is 11.8 Å². The highest BCUT2D eigenvalue weighted by Crippen LogP contribution is 2.38. The number of hydrogen-bond donors (Lipinski definition) is 0. The fourth-order valence-electron chi connectivity index (χ4n) is 4.73. The summed E-state index contributed by atoms with van der Waals surface area (Å²) < 4.78 is 61.4. The molecule has 1 aliphatic heterocycles. The molecular weight excluding hydrogens is 570 g/mol. The van der Waals surface area contributed by atoms with Crippen molar-refractivity contribution in [3.05, 3.63) is 59.2 Å². The molecule has 7 nitrogen and oxygen atoms in total. The number of aldehydes is 1. The number of alkyl halides is 3. The molecule has 0 spiro atoms. The van der Waals surface area contributed by atoms with Crippen LogP contribution in [0.2, 0.25) is 0 Å². The smallest absolute Gasteiger partial charge is 0.382 e. The Morgan fingerprint density at radius 3 is 2.52 bits per heavy atom. The van der Waals surface area contributed by atoms with Crippen molar-refractivity contribution in [2.75, 3.05) is 49.7 Å². The first-order chi connectivity index (χ1) is 19.8. The minimum atomic E-state index is -5.09. The average Bonchev–Trinajstić information content (AvgIpc) is 2.96. The van der Waals surface area contributed by atoms with Gasteiger partial charge >= 0.3 is 6.18 Å². The highest BCUT2D eigenvalue weighted by molar-refractivity contribution is 7.80. The van der Waals surface area contributed by atoms with Crippen molar-refractivity contribution in [3.8, 4) is 6.07 Å². The maximum atomic E-state index is 15.2. The number of unbranched alkanes of at least 4 members (excludes halogenated alkanes) is 1. The quantitative estimate of drug-likeness (QED) is 0.129. The van der Waals surface area contributed by atoms with Crippen LogP contribution in [-0.4, -0.2) is 66.7 Å². The summed E-state index contributed by atoms with van der Waals surface area (Å²) in [5.41, 5.74) is -1.98. The zero-order valence-corrected chi connectivity index (χ0v) is 25.0. The van der Waals surface area contributed by atoms with Crippen LogP contribution in [0.3, 0.4) is 0 Å². The molecule has 1 aromatic carbocycles. The summed E-state index contributed by atoms with van der Waals surface area (Å²) in [5, 5.41) is 8.96. The molecule has 0 N–H and O–H groups in total. The highest BCUT2D eigenvalue weighted by atomic mass is 32.1. The number of nitrogens with zero attached hydrogens (tertiary/aromatic N) is 5. The van der Waals surface area contributed by atoms with Gasteiger partial charge in [-0.05, 0) is 88.6 Å². The number of halogens is 4. The minimum absolute atomic E-state index is 0.129. The molecule has 0 bridgehead atoms. The Morgan fingerprint density at radius 2 is 1.98 bits per heavy atom. The molecule has 42 heavy (non-hydrogen) atoms. The van der Waals surface area contributed by atoms with E-state index in [1.807, 2.05) is 6.92 Å². The number of nitriles is 1. The molecule has 1 aliphatic rings. The maximum absolute atomic E-state index is 15.2. The topological polar surface area (TPSA) is 72.7 Å². The molecular formula is C30H35F4N5O2S. The van der Waals surface area contributed by atoms with E-state index in [0.29, 0.717) is 12.0 Å². The number of carbonyl (C=O) groups is 1. The number of pyridine rings is 1. The summed E-state index contributed by atoms with van der Waals surface area (Å²) in [6, 6.07) is 6.87. The predicted octanol–water partition coefficient (Wildman–Crippen LogP) is 6.22. The van der Waals surface area contributed by atoms with Gasteiger partial charge in [0.05, 0.1) is 40.4 Å². The molecule has 0 saturated carbocycles. The van der Waals surface area contributed by atoms with Crippen LogP contribution in [0.5, 0.6) is 0 Å². The molecule has 12 heteroatoms. The van der Waals surface area contributed by atoms with Crippen molar-refractivity contribution < 1.29 is 27.1 Å². The summed E-state index contributed by atoms with van der Waals surface area (Å²) in [4.78, 5) is 21.5. The summed E-state index contributed by atoms with van der Waals surface area (Å²) in [6.45, 7) is 9.35. The van der Waals surface area contributed by atoms with Gasteiger partial charge in [-0.15, -0.1) is 0 Å². The summed E-state index contributed by atoms with van der Waals surface area (Å²) >= 11 is 5.59. The van der Waals surface area contributed by atoms with Gasteiger partial charge in [-0.2, -0.15) is 18.4 Å². The number of ether oxygens (including phenoxy) is 1. The monoisotopic (exact) mass is 605 g/mol. The lowest BCUT2D eigenvalue weighted by Gasteiger charge is -2.39. The Balaban J connectivity index is 1.83. The van der Waals surface area contributed by atoms with E-state index in [1.165, 1.54) is 24.2 Å². The van der Waals surface area contributed by atoms with Gasteiger partial charge in [-0.1, -0.05) is 6.08 Å². The van der Waals surface area contributed by atoms with Gasteiger partial charge in [0, 0.05) is 33.4 Å². The van der Waals surface area contributed by atoms with Crippen LogP contribution in [0.1, 0.15) is 56.9 Å². The van der Waals surface area contributed by atoms with Gasteiger partial charge < -0.3 is 19.3 Å². The fraction of sp³-hybridized carbons (Fsp3) is 0.467. The molecule has 0 amide bonds. The van der Waals surface area contributed by atoms with Gasteiger partial charge in [-0.25, -0.2) is 4.39 Å². The van der Waals surface area contributed by atoms with E-state index in [4.69, 9.17) is 22.2 Å². The van der Waals surface area contributed by atoms with Gasteiger partial charge in [-0.3, -0.25) is 9.88 Å². The van der Waals surface area contributed by atoms with Crippen LogP contribution in [0.15, 0.2) is 36.5 Å². The van der Waals surface area contributed by atoms with Crippen LogP contribution >= 0.6 is 12.2 Å². The number of anilines is 2. The van der Waals surface area contributed by atoms with Crippen LogP contribution in [0.4, 0.5) is 28.9 Å². The van der Waals surface area contributed by atoms with Crippen LogP contribution < -0.4 is 9.80 Å². The largest absolute Gasteiger partial charge is 0.420 e. The van der Waals surface area contributed by atoms with Gasteiger partial charge in [0.15, 0.2) is 10.9 Å². The van der Waals surface area contributed by atoms with Crippen molar-refractivity contribution >= 4 is 40.6 Å². The lowest BCUT2D eigenvalue weighted by molar-refractivity contribution is -0.140. The Morgan fingerprint density at radius 1 is 1.24 bits per heavy atom. The van der Waals surface area contributed by atoms with Crippen LogP contribution in [0, 0.1) is 17.1 Å². The molecule has 0 aliphatic carbocycles. The average molecular weight is 606 g/mol. The van der Waals surface area contributed by atoms with Crippen LogP contribution in [0.25, 0.3) is 5.57 Å². The number of thiocarbonyl (C=S) groups is 1. The third-order valence-corrected chi connectivity index (χ3v) is 7.53. The number of rotatable bonds is 11. The SMILES string of the molecule is CCOCCCCN1CC=C(c2ccc(N(C(=S)N(C)c3ccc(C#N)c(C(F)(F)F)c3F)C(C)(C)C=O)cn2)CC1. The lowest BCUT2D eigenvalue weighted by atomic mass is 10.0. The first-order valence-electron chi connectivity index (χ1n) is 13.6. The van der Waals surface area contributed by atoms with E-state index >= 15 is 4.39 Å². The predicted molar refractivity (Wildman–Crippen MR) is 159 cm³/mol. The third kappa shape index (κ3) is 7.70. The van der Waals surface area contributed by atoms with Crippen molar-refractivity contribution in [2.24, 2.45) is 0 Å². The Bertz CT molecular complexity index is 1340. The molecule has 2 aromatic rings. The number of carbonyl (C=O) groups excluding carboxylic acids is 1. The molecule has 0 fully saturated rings. The van der Waals surface area contributed by atoms with Crippen molar-refractivity contribution in [1.82, 2.24) is 9.88 Å². The number of aromatic nitrogens is 1. The van der Waals surface area contributed by atoms with Gasteiger partial charge in [0.2, 0.25) is 0 Å². The van der Waals surface area contributed by atoms with E-state index in [1.54, 1.807) is 26.0 Å². The molecule has 0 saturated heterocycles. The van der Waals surface area contributed by atoms with E-state index in [9.17, 15) is 18.0 Å². The molecule has 226 valence electrons. The number of hydrogen-bond acceptors (Lipinski definition) is 6. The summed E-state index contributed by atoms with van der Waals surface area (Å²) in [5.74, 6) is -1.63. The zero-order chi connectivity index (χ0) is 31.1. The fourth-order valence-corrected chi connectivity index (χ4v) is 5.17. The Hall–Kier alpha value is -3.40. The molecule has 0 atom stereocenters. The van der Waals surface area contributed by atoms with E-state index in [-0.39, 0.29) is 5.11 Å². The molecule has 1 aromatic heterocycles. The molecule has 0 unspecified atom stereocenters. The molecule has 3 rings (SSSR count). The molecule has 0 radical (unpaired) electrons.